The first kappa shape index (κ1) is 20.6. The van der Waals surface area contributed by atoms with Crippen molar-refractivity contribution in [2.45, 2.75) is 0 Å². The molecule has 1 heterocycles. The van der Waals surface area contributed by atoms with Gasteiger partial charge in [0.05, 0.1) is 26.4 Å². The zero-order chi connectivity index (χ0) is 21.7. The van der Waals surface area contributed by atoms with Crippen LogP contribution in [0.3, 0.4) is 0 Å². The highest BCUT2D eigenvalue weighted by Gasteiger charge is 2.21. The zero-order valence-corrected chi connectivity index (χ0v) is 15.9. The number of esters is 1. The number of ether oxygens (including phenoxy) is 2. The molecule has 1 aromatic heterocycles. The lowest BCUT2D eigenvalue weighted by molar-refractivity contribution is -0.394. The maximum absolute atomic E-state index is 12.1. The van der Waals surface area contributed by atoms with Gasteiger partial charge < -0.3 is 9.47 Å². The second-order valence-electron chi connectivity index (χ2n) is 5.77. The molecule has 0 amide bonds. The van der Waals surface area contributed by atoms with Crippen LogP contribution in [-0.4, -0.2) is 28.2 Å². The van der Waals surface area contributed by atoms with Gasteiger partial charge in [0.25, 0.3) is 5.69 Å². The molecule has 0 N–H and O–H groups in total. The van der Waals surface area contributed by atoms with Crippen LogP contribution in [0.4, 0.5) is 11.4 Å². The quantitative estimate of drug-likeness (QED) is 0.223. The average Bonchev–Trinajstić information content (AvgIpc) is 3.27. The maximum atomic E-state index is 12.1. The van der Waals surface area contributed by atoms with E-state index in [9.17, 15) is 29.8 Å². The summed E-state index contributed by atoms with van der Waals surface area (Å²) >= 11 is 1.24. The van der Waals surface area contributed by atoms with E-state index in [-0.39, 0.29) is 22.8 Å². The highest BCUT2D eigenvalue weighted by atomic mass is 32.1. The van der Waals surface area contributed by atoms with Crippen molar-refractivity contribution in [1.29, 1.82) is 0 Å². The molecule has 0 saturated carbocycles. The van der Waals surface area contributed by atoms with Crippen molar-refractivity contribution < 1.29 is 28.9 Å². The van der Waals surface area contributed by atoms with Gasteiger partial charge >= 0.3 is 11.7 Å². The van der Waals surface area contributed by atoms with E-state index in [1.54, 1.807) is 17.5 Å². The lowest BCUT2D eigenvalue weighted by Crippen LogP contribution is -2.13. The molecule has 0 aliphatic rings. The Labute approximate surface area is 172 Å². The second-order valence-corrected chi connectivity index (χ2v) is 6.72. The second kappa shape index (κ2) is 8.92. The molecule has 30 heavy (non-hydrogen) atoms. The largest absolute Gasteiger partial charge is 0.454 e. The molecule has 0 aliphatic heterocycles. The lowest BCUT2D eigenvalue weighted by atomic mass is 10.2. The van der Waals surface area contributed by atoms with Crippen LogP contribution >= 0.6 is 11.3 Å². The van der Waals surface area contributed by atoms with E-state index in [0.29, 0.717) is 4.88 Å². The minimum Gasteiger partial charge on any atom is -0.454 e. The van der Waals surface area contributed by atoms with Gasteiger partial charge in [0.15, 0.2) is 6.61 Å². The molecule has 0 spiro atoms. The van der Waals surface area contributed by atoms with E-state index < -0.39 is 33.8 Å². The van der Waals surface area contributed by atoms with Crippen LogP contribution in [-0.2, 0) is 4.74 Å². The monoisotopic (exact) mass is 428 g/mol. The number of carbonyl (C=O) groups excluding carboxylic acids is 2. The van der Waals surface area contributed by atoms with Gasteiger partial charge in [0.2, 0.25) is 11.5 Å². The fourth-order valence-electron chi connectivity index (χ4n) is 2.36. The van der Waals surface area contributed by atoms with Crippen molar-refractivity contribution in [3.8, 4) is 11.5 Å². The third-order valence-electron chi connectivity index (χ3n) is 3.80. The highest BCUT2D eigenvalue weighted by Crippen LogP contribution is 2.34. The molecule has 10 nitrogen and oxygen atoms in total. The first-order valence-electron chi connectivity index (χ1n) is 8.29. The summed E-state index contributed by atoms with van der Waals surface area (Å²) in [6.45, 7) is -0.396. The predicted octanol–water partition coefficient (Wildman–Crippen LogP) is 4.40. The summed E-state index contributed by atoms with van der Waals surface area (Å²) in [5.41, 5.74) is -0.858. The molecule has 3 rings (SSSR count). The number of benzene rings is 2. The SMILES string of the molecule is O=C(OCC(=O)c1cccs1)c1ccc(Oc2ccc([N+](=O)[O-])cc2[N+](=O)[O-])cc1. The fourth-order valence-corrected chi connectivity index (χ4v) is 3.01. The molecule has 0 fully saturated rings. The summed E-state index contributed by atoms with van der Waals surface area (Å²) in [5.74, 6) is -1.06. The van der Waals surface area contributed by atoms with Gasteiger partial charge in [-0.15, -0.1) is 11.3 Å². The van der Waals surface area contributed by atoms with Crippen LogP contribution in [0.1, 0.15) is 20.0 Å². The molecule has 3 aromatic rings. The Kier molecular flexibility index (Phi) is 6.13. The predicted molar refractivity (Wildman–Crippen MR) is 105 cm³/mol. The van der Waals surface area contributed by atoms with Crippen LogP contribution in [0, 0.1) is 20.2 Å². The van der Waals surface area contributed by atoms with Crippen LogP contribution in [0.15, 0.2) is 60.0 Å². The zero-order valence-electron chi connectivity index (χ0n) is 15.0. The molecular weight excluding hydrogens is 416 g/mol. The normalized spacial score (nSPS) is 10.3. The number of nitro benzene ring substituents is 2. The molecule has 0 radical (unpaired) electrons. The van der Waals surface area contributed by atoms with Gasteiger partial charge in [-0.2, -0.15) is 0 Å². The Balaban J connectivity index is 1.67. The van der Waals surface area contributed by atoms with Crippen LogP contribution in [0.2, 0.25) is 0 Å². The topological polar surface area (TPSA) is 139 Å². The molecule has 11 heteroatoms. The highest BCUT2D eigenvalue weighted by molar-refractivity contribution is 7.12. The van der Waals surface area contributed by atoms with Gasteiger partial charge in [-0.25, -0.2) is 4.79 Å². The van der Waals surface area contributed by atoms with E-state index in [0.717, 1.165) is 18.2 Å². The molecule has 0 unspecified atom stereocenters. The van der Waals surface area contributed by atoms with Gasteiger partial charge in [-0.05, 0) is 41.8 Å². The summed E-state index contributed by atoms with van der Waals surface area (Å²) in [7, 11) is 0. The average molecular weight is 428 g/mol. The third kappa shape index (κ3) is 4.83. The third-order valence-corrected chi connectivity index (χ3v) is 4.71. The smallest absolute Gasteiger partial charge is 0.338 e. The van der Waals surface area contributed by atoms with Crippen LogP contribution in [0.5, 0.6) is 11.5 Å². The van der Waals surface area contributed by atoms with E-state index in [1.165, 1.54) is 35.6 Å². The Morgan fingerprint density at radius 1 is 0.967 bits per heavy atom. The number of nitro groups is 2. The molecule has 152 valence electrons. The van der Waals surface area contributed by atoms with Crippen LogP contribution in [0.25, 0.3) is 0 Å². The van der Waals surface area contributed by atoms with Crippen LogP contribution < -0.4 is 4.74 Å². The van der Waals surface area contributed by atoms with E-state index in [4.69, 9.17) is 9.47 Å². The molecule has 0 atom stereocenters. The minimum atomic E-state index is -0.793. The van der Waals surface area contributed by atoms with Crippen molar-refractivity contribution >= 4 is 34.5 Å². The van der Waals surface area contributed by atoms with Crippen molar-refractivity contribution in [2.75, 3.05) is 6.61 Å². The van der Waals surface area contributed by atoms with Gasteiger partial charge in [-0.1, -0.05) is 6.07 Å². The summed E-state index contributed by atoms with van der Waals surface area (Å²) in [5, 5.41) is 23.7. The summed E-state index contributed by atoms with van der Waals surface area (Å²) in [6.07, 6.45) is 0. The molecule has 0 bridgehead atoms. The fraction of sp³-hybridized carbons (Fsp3) is 0.0526. The number of thiophene rings is 1. The molecule has 0 saturated heterocycles. The van der Waals surface area contributed by atoms with E-state index in [2.05, 4.69) is 0 Å². The number of carbonyl (C=O) groups is 2. The van der Waals surface area contributed by atoms with Crippen molar-refractivity contribution in [3.63, 3.8) is 0 Å². The van der Waals surface area contributed by atoms with E-state index in [1.807, 2.05) is 0 Å². The summed E-state index contributed by atoms with van der Waals surface area (Å²) < 4.78 is 10.4. The van der Waals surface area contributed by atoms with Crippen molar-refractivity contribution in [1.82, 2.24) is 0 Å². The molecular formula is C19H12N2O8S. The number of ketones is 1. The van der Waals surface area contributed by atoms with E-state index >= 15 is 0 Å². The van der Waals surface area contributed by atoms with Gasteiger partial charge in [0.1, 0.15) is 5.75 Å². The number of hydrogen-bond donors (Lipinski definition) is 0. The molecule has 2 aromatic carbocycles. The standard InChI is InChI=1S/C19H12N2O8S/c22-16(18-2-1-9-30-18)11-28-19(23)12-3-6-14(7-4-12)29-17-8-5-13(20(24)25)10-15(17)21(26)27/h1-10H,11H2. The van der Waals surface area contributed by atoms with Gasteiger partial charge in [0, 0.05) is 6.07 Å². The number of non-ortho nitro benzene ring substituents is 1. The minimum absolute atomic E-state index is 0.152. The van der Waals surface area contributed by atoms with Gasteiger partial charge in [-0.3, -0.25) is 25.0 Å². The number of rotatable bonds is 8. The lowest BCUT2D eigenvalue weighted by Gasteiger charge is -2.07. The Hall–Kier alpha value is -4.12. The van der Waals surface area contributed by atoms with Crippen molar-refractivity contribution in [3.05, 3.63) is 90.6 Å². The number of nitrogens with zero attached hydrogens (tertiary/aromatic N) is 2. The Morgan fingerprint density at radius 2 is 1.70 bits per heavy atom. The first-order chi connectivity index (χ1) is 14.3. The summed E-state index contributed by atoms with van der Waals surface area (Å²) in [6, 6.07) is 11.8. The molecule has 0 aliphatic carbocycles. The Morgan fingerprint density at radius 3 is 2.30 bits per heavy atom. The first-order valence-corrected chi connectivity index (χ1v) is 9.17. The maximum Gasteiger partial charge on any atom is 0.338 e. The number of Topliss-reactive ketones (excluding diaryl/α,β-unsaturated/α-hetero) is 1. The van der Waals surface area contributed by atoms with Crippen molar-refractivity contribution in [2.24, 2.45) is 0 Å². The number of hydrogen-bond acceptors (Lipinski definition) is 9. The Bertz CT molecular complexity index is 1110. The summed E-state index contributed by atoms with van der Waals surface area (Å²) in [4.78, 5) is 44.8.